The first-order valence-electron chi connectivity index (χ1n) is 6.94. The van der Waals surface area contributed by atoms with E-state index in [2.05, 4.69) is 44.5 Å². The predicted octanol–water partition coefficient (Wildman–Crippen LogP) is 2.89. The normalized spacial score (nSPS) is 22.2. The summed E-state index contributed by atoms with van der Waals surface area (Å²) in [5.41, 5.74) is 9.32. The fourth-order valence-corrected chi connectivity index (χ4v) is 2.89. The van der Waals surface area contributed by atoms with Crippen LogP contribution in [0.3, 0.4) is 0 Å². The third-order valence-corrected chi connectivity index (χ3v) is 3.72. The standard InChI is InChI=1S/C15H26N2O/c1-11(2)18-8-7-17-6-5-12-13(16)9-15(3,4)10-14(12)17/h5-6,11,13H,7-10,16H2,1-4H3. The Morgan fingerprint density at radius 3 is 2.89 bits per heavy atom. The van der Waals surface area contributed by atoms with Crippen molar-refractivity contribution >= 4 is 0 Å². The molecule has 1 aromatic heterocycles. The van der Waals surface area contributed by atoms with Gasteiger partial charge in [-0.3, -0.25) is 0 Å². The van der Waals surface area contributed by atoms with Crippen LogP contribution in [0.2, 0.25) is 0 Å². The lowest BCUT2D eigenvalue weighted by Gasteiger charge is -2.34. The van der Waals surface area contributed by atoms with Gasteiger partial charge in [0.05, 0.1) is 12.7 Å². The Balaban J connectivity index is 2.10. The van der Waals surface area contributed by atoms with Crippen LogP contribution in [0.1, 0.15) is 51.4 Å². The van der Waals surface area contributed by atoms with Crippen molar-refractivity contribution in [1.29, 1.82) is 0 Å². The first kappa shape index (κ1) is 13.6. The lowest BCUT2D eigenvalue weighted by Crippen LogP contribution is -2.30. The van der Waals surface area contributed by atoms with Crippen LogP contribution in [-0.4, -0.2) is 17.3 Å². The van der Waals surface area contributed by atoms with Crippen molar-refractivity contribution in [2.45, 2.75) is 59.2 Å². The number of hydrogen-bond donors (Lipinski definition) is 1. The molecule has 3 nitrogen and oxygen atoms in total. The highest BCUT2D eigenvalue weighted by atomic mass is 16.5. The molecule has 1 aromatic rings. The van der Waals surface area contributed by atoms with Crippen LogP contribution in [0.15, 0.2) is 12.3 Å². The van der Waals surface area contributed by atoms with Gasteiger partial charge in [0.1, 0.15) is 0 Å². The maximum Gasteiger partial charge on any atom is 0.0649 e. The van der Waals surface area contributed by atoms with Gasteiger partial charge in [0, 0.05) is 24.5 Å². The van der Waals surface area contributed by atoms with Gasteiger partial charge in [-0.05, 0) is 43.7 Å². The van der Waals surface area contributed by atoms with E-state index in [-0.39, 0.29) is 6.04 Å². The zero-order valence-corrected chi connectivity index (χ0v) is 12.1. The molecule has 0 spiro atoms. The molecule has 18 heavy (non-hydrogen) atoms. The van der Waals surface area contributed by atoms with Gasteiger partial charge in [0.15, 0.2) is 0 Å². The van der Waals surface area contributed by atoms with Gasteiger partial charge < -0.3 is 15.0 Å². The highest BCUT2D eigenvalue weighted by Gasteiger charge is 2.32. The molecule has 102 valence electrons. The van der Waals surface area contributed by atoms with Gasteiger partial charge in [-0.2, -0.15) is 0 Å². The molecule has 1 aliphatic carbocycles. The molecule has 0 fully saturated rings. The SMILES string of the molecule is CC(C)OCCn1ccc2c1CC(C)(C)CC2N. The number of rotatable bonds is 4. The van der Waals surface area contributed by atoms with Gasteiger partial charge in [-0.1, -0.05) is 13.8 Å². The Morgan fingerprint density at radius 1 is 1.50 bits per heavy atom. The van der Waals surface area contributed by atoms with E-state index in [0.29, 0.717) is 11.5 Å². The van der Waals surface area contributed by atoms with Crippen molar-refractivity contribution in [3.63, 3.8) is 0 Å². The summed E-state index contributed by atoms with van der Waals surface area (Å²) in [6.45, 7) is 10.5. The average molecular weight is 250 g/mol. The van der Waals surface area contributed by atoms with Crippen molar-refractivity contribution in [3.05, 3.63) is 23.5 Å². The lowest BCUT2D eigenvalue weighted by molar-refractivity contribution is 0.0720. The lowest BCUT2D eigenvalue weighted by atomic mass is 9.74. The summed E-state index contributed by atoms with van der Waals surface area (Å²) in [6.07, 6.45) is 4.66. The molecule has 1 unspecified atom stereocenters. The summed E-state index contributed by atoms with van der Waals surface area (Å²) in [5, 5.41) is 0. The minimum atomic E-state index is 0.191. The summed E-state index contributed by atoms with van der Waals surface area (Å²) in [5.74, 6) is 0. The van der Waals surface area contributed by atoms with Crippen LogP contribution < -0.4 is 5.73 Å². The van der Waals surface area contributed by atoms with Crippen molar-refractivity contribution < 1.29 is 4.74 Å². The van der Waals surface area contributed by atoms with E-state index < -0.39 is 0 Å². The van der Waals surface area contributed by atoms with Crippen LogP contribution in [0.4, 0.5) is 0 Å². The molecule has 0 aromatic carbocycles. The van der Waals surface area contributed by atoms with Crippen molar-refractivity contribution in [3.8, 4) is 0 Å². The third-order valence-electron chi connectivity index (χ3n) is 3.72. The molecule has 1 atom stereocenters. The second-order valence-corrected chi connectivity index (χ2v) is 6.48. The summed E-state index contributed by atoms with van der Waals surface area (Å²) in [7, 11) is 0. The molecule has 0 saturated carbocycles. The van der Waals surface area contributed by atoms with E-state index in [0.717, 1.165) is 26.0 Å². The monoisotopic (exact) mass is 250 g/mol. The molecule has 1 aliphatic rings. The molecule has 2 N–H and O–H groups in total. The highest BCUT2D eigenvalue weighted by Crippen LogP contribution is 2.39. The van der Waals surface area contributed by atoms with Crippen molar-refractivity contribution in [2.24, 2.45) is 11.1 Å². The highest BCUT2D eigenvalue weighted by molar-refractivity contribution is 5.30. The number of ether oxygens (including phenoxy) is 1. The van der Waals surface area contributed by atoms with E-state index in [1.54, 1.807) is 0 Å². The van der Waals surface area contributed by atoms with Gasteiger partial charge in [0.25, 0.3) is 0 Å². The summed E-state index contributed by atoms with van der Waals surface area (Å²) >= 11 is 0. The fourth-order valence-electron chi connectivity index (χ4n) is 2.89. The molecule has 0 saturated heterocycles. The maximum absolute atomic E-state index is 6.27. The van der Waals surface area contributed by atoms with Crippen molar-refractivity contribution in [1.82, 2.24) is 4.57 Å². The summed E-state index contributed by atoms with van der Waals surface area (Å²) in [6, 6.07) is 2.38. The quantitative estimate of drug-likeness (QED) is 0.892. The average Bonchev–Trinajstić information content (AvgIpc) is 2.59. The number of nitrogens with two attached hydrogens (primary N) is 1. The smallest absolute Gasteiger partial charge is 0.0649 e. The first-order valence-corrected chi connectivity index (χ1v) is 6.94. The summed E-state index contributed by atoms with van der Waals surface area (Å²) in [4.78, 5) is 0. The Morgan fingerprint density at radius 2 is 2.22 bits per heavy atom. The molecular weight excluding hydrogens is 224 g/mol. The van der Waals surface area contributed by atoms with E-state index in [9.17, 15) is 0 Å². The van der Waals surface area contributed by atoms with Crippen LogP contribution in [0.5, 0.6) is 0 Å². The Labute approximate surface area is 110 Å². The second-order valence-electron chi connectivity index (χ2n) is 6.48. The minimum Gasteiger partial charge on any atom is -0.377 e. The molecule has 0 amide bonds. The topological polar surface area (TPSA) is 40.2 Å². The number of fused-ring (bicyclic) bond motifs is 1. The zero-order valence-electron chi connectivity index (χ0n) is 12.1. The van der Waals surface area contributed by atoms with E-state index >= 15 is 0 Å². The minimum absolute atomic E-state index is 0.191. The Kier molecular flexibility index (Phi) is 3.83. The Bertz CT molecular complexity index is 407. The maximum atomic E-state index is 6.27. The molecule has 2 rings (SSSR count). The van der Waals surface area contributed by atoms with E-state index in [1.165, 1.54) is 11.3 Å². The molecule has 0 radical (unpaired) electrons. The molecule has 3 heteroatoms. The molecule has 0 aliphatic heterocycles. The van der Waals surface area contributed by atoms with Crippen LogP contribution in [0.25, 0.3) is 0 Å². The van der Waals surface area contributed by atoms with Gasteiger partial charge >= 0.3 is 0 Å². The Hall–Kier alpha value is -0.800. The third kappa shape index (κ3) is 2.96. The number of hydrogen-bond acceptors (Lipinski definition) is 2. The number of aromatic nitrogens is 1. The van der Waals surface area contributed by atoms with Crippen LogP contribution in [0, 0.1) is 5.41 Å². The molecular formula is C15H26N2O. The molecule has 1 heterocycles. The largest absolute Gasteiger partial charge is 0.377 e. The van der Waals surface area contributed by atoms with Crippen molar-refractivity contribution in [2.75, 3.05) is 6.61 Å². The van der Waals surface area contributed by atoms with E-state index in [4.69, 9.17) is 10.5 Å². The van der Waals surface area contributed by atoms with E-state index in [1.807, 2.05) is 0 Å². The second kappa shape index (κ2) is 5.06. The fraction of sp³-hybridized carbons (Fsp3) is 0.733. The first-order chi connectivity index (χ1) is 8.39. The predicted molar refractivity (Wildman–Crippen MR) is 74.6 cm³/mol. The van der Waals surface area contributed by atoms with Crippen LogP contribution in [-0.2, 0) is 17.7 Å². The van der Waals surface area contributed by atoms with Gasteiger partial charge in [-0.25, -0.2) is 0 Å². The summed E-state index contributed by atoms with van der Waals surface area (Å²) < 4.78 is 7.95. The van der Waals surface area contributed by atoms with Gasteiger partial charge in [-0.15, -0.1) is 0 Å². The zero-order chi connectivity index (χ0) is 13.3. The molecule has 0 bridgehead atoms. The number of nitrogens with zero attached hydrogens (tertiary/aromatic N) is 1. The van der Waals surface area contributed by atoms with Gasteiger partial charge in [0.2, 0.25) is 0 Å². The van der Waals surface area contributed by atoms with Crippen LogP contribution >= 0.6 is 0 Å².